The lowest BCUT2D eigenvalue weighted by molar-refractivity contribution is 0.0991. The van der Waals surface area contributed by atoms with Crippen molar-refractivity contribution in [1.82, 2.24) is 38.6 Å². The third kappa shape index (κ3) is 8.22. The monoisotopic (exact) mass is 782 g/mol. The summed E-state index contributed by atoms with van der Waals surface area (Å²) in [7, 11) is 3.30. The number of methoxy groups -OCH3 is 1. The number of nitrogens with two attached hydrogens (primary N) is 2. The second-order valence-electron chi connectivity index (χ2n) is 12.7. The molecule has 0 aliphatic rings. The predicted molar refractivity (Wildman–Crippen MR) is 212 cm³/mol. The van der Waals surface area contributed by atoms with E-state index in [9.17, 15) is 19.2 Å². The number of carbonyl (C=O) groups is 4. The first-order valence-electron chi connectivity index (χ1n) is 17.7. The zero-order valence-electron chi connectivity index (χ0n) is 31.5. The van der Waals surface area contributed by atoms with Gasteiger partial charge in [0.05, 0.1) is 36.1 Å². The van der Waals surface area contributed by atoms with E-state index in [0.717, 1.165) is 11.5 Å². The standard InChI is InChI=1S/C37H42N12O6S/c1-6-49-26(14-20(2)45-49)34(52)43-36-41-24-16-22(32(38)50)18-27(54-5)30(24)47(36)11-7-8-12-48-31-25(42-37(48)44-35(53)29-15-21(3)46-56-29)17-23(33(39)51)19-28(31)55-13-9-10-40-4/h7-8,14-19,40H,6,9-13H2,1-5H3,(H2,38,50)(H2,39,51)(H,41,43,52)(H,42,44,53)/b8-7+. The van der Waals surface area contributed by atoms with Gasteiger partial charge in [0, 0.05) is 30.8 Å². The summed E-state index contributed by atoms with van der Waals surface area (Å²) in [6, 6.07) is 9.53. The molecule has 0 unspecified atom stereocenters. The first kappa shape index (κ1) is 39.1. The summed E-state index contributed by atoms with van der Waals surface area (Å²) in [5.41, 5.74) is 15.2. The van der Waals surface area contributed by atoms with Crippen molar-refractivity contribution in [2.24, 2.45) is 11.5 Å². The molecule has 0 saturated carbocycles. The number of allylic oxidation sites excluding steroid dienone is 2. The maximum absolute atomic E-state index is 13.6. The van der Waals surface area contributed by atoms with Crippen molar-refractivity contribution in [3.8, 4) is 11.5 Å². The Morgan fingerprint density at radius 2 is 1.41 bits per heavy atom. The molecule has 4 aromatic heterocycles. The number of amides is 4. The van der Waals surface area contributed by atoms with Crippen molar-refractivity contribution >= 4 is 69.1 Å². The quantitative estimate of drug-likeness (QED) is 0.0661. The van der Waals surface area contributed by atoms with E-state index in [0.29, 0.717) is 81.6 Å². The molecule has 56 heavy (non-hydrogen) atoms. The summed E-state index contributed by atoms with van der Waals surface area (Å²) >= 11 is 1.06. The highest BCUT2D eigenvalue weighted by atomic mass is 32.1. The van der Waals surface area contributed by atoms with Crippen LogP contribution in [0.4, 0.5) is 11.9 Å². The zero-order valence-corrected chi connectivity index (χ0v) is 32.3. The van der Waals surface area contributed by atoms with Gasteiger partial charge in [-0.25, -0.2) is 9.97 Å². The van der Waals surface area contributed by atoms with Gasteiger partial charge in [0.25, 0.3) is 11.8 Å². The number of anilines is 2. The molecule has 2 aromatic carbocycles. The molecule has 0 bridgehead atoms. The number of carbonyl (C=O) groups excluding carboxylic acids is 4. The lowest BCUT2D eigenvalue weighted by atomic mass is 10.1. The van der Waals surface area contributed by atoms with Crippen LogP contribution in [0.25, 0.3) is 22.1 Å². The number of ether oxygens (including phenoxy) is 2. The average Bonchev–Trinajstić information content (AvgIpc) is 3.95. The van der Waals surface area contributed by atoms with Crippen LogP contribution in [0.15, 0.2) is 48.6 Å². The van der Waals surface area contributed by atoms with Crippen LogP contribution in [0, 0.1) is 13.8 Å². The minimum Gasteiger partial charge on any atom is -0.494 e. The maximum Gasteiger partial charge on any atom is 0.276 e. The fourth-order valence-electron chi connectivity index (χ4n) is 6.12. The van der Waals surface area contributed by atoms with Gasteiger partial charge < -0.3 is 35.4 Å². The molecule has 18 nitrogen and oxygen atoms in total. The highest BCUT2D eigenvalue weighted by Gasteiger charge is 2.23. The molecule has 7 N–H and O–H groups in total. The zero-order chi connectivity index (χ0) is 40.1. The number of benzene rings is 2. The van der Waals surface area contributed by atoms with Crippen molar-refractivity contribution in [2.45, 2.75) is 46.8 Å². The van der Waals surface area contributed by atoms with Gasteiger partial charge in [-0.3, -0.25) is 34.5 Å². The summed E-state index contributed by atoms with van der Waals surface area (Å²) in [6.45, 7) is 7.36. The molecule has 0 fully saturated rings. The second kappa shape index (κ2) is 16.8. The van der Waals surface area contributed by atoms with Gasteiger partial charge in [0.2, 0.25) is 23.7 Å². The van der Waals surface area contributed by atoms with Crippen LogP contribution in [0.2, 0.25) is 0 Å². The molecule has 19 heteroatoms. The van der Waals surface area contributed by atoms with Gasteiger partial charge in [-0.1, -0.05) is 12.2 Å². The Morgan fingerprint density at radius 1 is 0.821 bits per heavy atom. The molecule has 292 valence electrons. The predicted octanol–water partition coefficient (Wildman–Crippen LogP) is 3.63. The summed E-state index contributed by atoms with van der Waals surface area (Å²) in [4.78, 5) is 61.2. The molecule has 0 spiro atoms. The molecule has 0 aliphatic carbocycles. The number of hydrogen-bond acceptors (Lipinski definition) is 12. The van der Waals surface area contributed by atoms with Crippen molar-refractivity contribution < 1.29 is 28.7 Å². The van der Waals surface area contributed by atoms with E-state index in [-0.39, 0.29) is 36.1 Å². The topological polar surface area (TPSA) is 241 Å². The molecule has 0 radical (unpaired) electrons. The Balaban J connectivity index is 1.40. The Hall–Kier alpha value is -6.60. The van der Waals surface area contributed by atoms with Crippen molar-refractivity contribution in [3.05, 3.63) is 81.6 Å². The van der Waals surface area contributed by atoms with E-state index in [2.05, 4.69) is 30.4 Å². The lowest BCUT2D eigenvalue weighted by Crippen LogP contribution is -2.20. The van der Waals surface area contributed by atoms with Gasteiger partial charge in [-0.05, 0) is 88.7 Å². The highest BCUT2D eigenvalue weighted by molar-refractivity contribution is 7.08. The van der Waals surface area contributed by atoms with Crippen LogP contribution in [-0.2, 0) is 19.6 Å². The maximum atomic E-state index is 13.6. The molecular formula is C37H42N12O6S. The minimum absolute atomic E-state index is 0.179. The van der Waals surface area contributed by atoms with Crippen LogP contribution < -0.4 is 36.9 Å². The number of nitrogens with zero attached hydrogens (tertiary/aromatic N) is 7. The van der Waals surface area contributed by atoms with Gasteiger partial charge in [0.15, 0.2) is 0 Å². The van der Waals surface area contributed by atoms with E-state index in [1.165, 1.54) is 19.2 Å². The Labute approximate surface area is 325 Å². The molecule has 6 rings (SSSR count). The van der Waals surface area contributed by atoms with Gasteiger partial charge in [-0.2, -0.15) is 9.47 Å². The Kier molecular flexibility index (Phi) is 11.7. The molecule has 6 aromatic rings. The van der Waals surface area contributed by atoms with E-state index in [4.69, 9.17) is 25.9 Å². The number of fused-ring (bicyclic) bond motifs is 2. The molecule has 0 aliphatic heterocycles. The van der Waals surface area contributed by atoms with Crippen LogP contribution in [-0.4, -0.2) is 84.2 Å². The van der Waals surface area contributed by atoms with Crippen LogP contribution in [0.1, 0.15) is 65.6 Å². The number of rotatable bonds is 17. The lowest BCUT2D eigenvalue weighted by Gasteiger charge is -2.13. The van der Waals surface area contributed by atoms with Crippen LogP contribution >= 0.6 is 11.5 Å². The van der Waals surface area contributed by atoms with E-state index in [1.807, 2.05) is 26.1 Å². The number of aryl methyl sites for hydroxylation is 3. The first-order chi connectivity index (χ1) is 26.9. The SMILES string of the molecule is CCn1nc(C)cc1C(=O)Nc1nc2cc(C(N)=O)cc(OC)c2n1C/C=C/Cn1c(NC(=O)c2cc(C)ns2)nc2cc(C(N)=O)cc(OCCCNC)c21. The third-order valence-corrected chi connectivity index (χ3v) is 9.59. The van der Waals surface area contributed by atoms with E-state index in [1.54, 1.807) is 51.9 Å². The summed E-state index contributed by atoms with van der Waals surface area (Å²) in [6.07, 6.45) is 4.37. The minimum atomic E-state index is -0.665. The summed E-state index contributed by atoms with van der Waals surface area (Å²) < 4.78 is 21.2. The fraction of sp³-hybridized carbons (Fsp3) is 0.297. The van der Waals surface area contributed by atoms with Crippen LogP contribution in [0.3, 0.4) is 0 Å². The largest absolute Gasteiger partial charge is 0.494 e. The molecular weight excluding hydrogens is 741 g/mol. The number of imidazole rings is 2. The van der Waals surface area contributed by atoms with Gasteiger partial charge in [-0.15, -0.1) is 0 Å². The second-order valence-corrected chi connectivity index (χ2v) is 13.5. The smallest absolute Gasteiger partial charge is 0.276 e. The van der Waals surface area contributed by atoms with Gasteiger partial charge in [0.1, 0.15) is 33.1 Å². The number of hydrogen-bond donors (Lipinski definition) is 5. The third-order valence-electron chi connectivity index (χ3n) is 8.71. The number of primary amides is 2. The molecule has 0 saturated heterocycles. The molecule has 0 atom stereocenters. The molecule has 4 amide bonds. The average molecular weight is 783 g/mol. The van der Waals surface area contributed by atoms with Gasteiger partial charge >= 0.3 is 0 Å². The fourth-order valence-corrected chi connectivity index (χ4v) is 6.77. The normalized spacial score (nSPS) is 11.4. The van der Waals surface area contributed by atoms with E-state index < -0.39 is 23.6 Å². The summed E-state index contributed by atoms with van der Waals surface area (Å²) in [5.74, 6) is -1.08. The van der Waals surface area contributed by atoms with Crippen molar-refractivity contribution in [3.63, 3.8) is 0 Å². The summed E-state index contributed by atoms with van der Waals surface area (Å²) in [5, 5.41) is 13.3. The number of nitrogens with one attached hydrogen (secondary N) is 3. The highest BCUT2D eigenvalue weighted by Crippen LogP contribution is 2.33. The van der Waals surface area contributed by atoms with Crippen LogP contribution in [0.5, 0.6) is 11.5 Å². The van der Waals surface area contributed by atoms with E-state index >= 15 is 0 Å². The van der Waals surface area contributed by atoms with Crippen molar-refractivity contribution in [1.29, 1.82) is 0 Å². The first-order valence-corrected chi connectivity index (χ1v) is 18.4. The Bertz CT molecular complexity index is 2490. The Morgan fingerprint density at radius 3 is 1.95 bits per heavy atom. The van der Waals surface area contributed by atoms with Crippen molar-refractivity contribution in [2.75, 3.05) is 37.9 Å². The number of aromatic nitrogens is 7. The molecule has 4 heterocycles.